The molecule has 1 aliphatic carbocycles. The van der Waals surface area contributed by atoms with Gasteiger partial charge in [-0.1, -0.05) is 19.4 Å². The molecule has 3 rings (SSSR count). The van der Waals surface area contributed by atoms with E-state index in [-0.39, 0.29) is 22.7 Å². The van der Waals surface area contributed by atoms with Gasteiger partial charge in [-0.05, 0) is 54.8 Å². The maximum Gasteiger partial charge on any atom is 0.167 e. The third-order valence-corrected chi connectivity index (χ3v) is 4.57. The number of carbonyl (C=O) groups excluding carboxylic acids is 1. The number of Topliss-reactive ketones (excluding diaryl/α,β-unsaturated/α-hetero) is 1. The van der Waals surface area contributed by atoms with E-state index >= 15 is 0 Å². The normalized spacial score (nSPS) is 15.8. The highest BCUT2D eigenvalue weighted by atomic mass is 16.5. The molecule has 2 aromatic rings. The van der Waals surface area contributed by atoms with E-state index < -0.39 is 0 Å². The Morgan fingerprint density at radius 1 is 1.20 bits per heavy atom. The molecule has 2 aromatic carbocycles. The van der Waals surface area contributed by atoms with Crippen LogP contribution in [0.3, 0.4) is 0 Å². The maximum absolute atomic E-state index is 12.5. The van der Waals surface area contributed by atoms with Crippen molar-refractivity contribution in [2.75, 3.05) is 6.61 Å². The molecule has 0 aliphatic heterocycles. The molecule has 0 saturated heterocycles. The summed E-state index contributed by atoms with van der Waals surface area (Å²) in [6.07, 6.45) is 3.05. The lowest BCUT2D eigenvalue weighted by molar-refractivity contribution is 0.0909. The fraction of sp³-hybridized carbons (Fsp3) is 0.381. The summed E-state index contributed by atoms with van der Waals surface area (Å²) in [6, 6.07) is 5.15. The summed E-state index contributed by atoms with van der Waals surface area (Å²) in [5.74, 6) is 0.251. The number of hydrogen-bond acceptors (Lipinski definition) is 4. The number of aromatic hydroxyl groups is 2. The van der Waals surface area contributed by atoms with Crippen molar-refractivity contribution in [3.63, 3.8) is 0 Å². The molecule has 0 saturated carbocycles. The zero-order valence-electron chi connectivity index (χ0n) is 15.1. The third kappa shape index (κ3) is 3.34. The molecule has 2 N–H and O–H groups in total. The van der Waals surface area contributed by atoms with E-state index in [1.54, 1.807) is 6.07 Å². The largest absolute Gasteiger partial charge is 0.507 e. The smallest absolute Gasteiger partial charge is 0.167 e. The molecule has 0 aromatic heterocycles. The number of phenols is 2. The summed E-state index contributed by atoms with van der Waals surface area (Å²) in [4.78, 5) is 12.5. The van der Waals surface area contributed by atoms with E-state index in [1.165, 1.54) is 6.07 Å². The van der Waals surface area contributed by atoms with Gasteiger partial charge in [-0.25, -0.2) is 0 Å². The molecule has 0 bridgehead atoms. The van der Waals surface area contributed by atoms with Gasteiger partial charge < -0.3 is 14.9 Å². The van der Waals surface area contributed by atoms with Crippen LogP contribution in [-0.4, -0.2) is 22.6 Å². The highest BCUT2D eigenvalue weighted by Crippen LogP contribution is 2.45. The van der Waals surface area contributed by atoms with Gasteiger partial charge in [0.1, 0.15) is 23.9 Å². The monoisotopic (exact) mass is 340 g/mol. The van der Waals surface area contributed by atoms with Crippen molar-refractivity contribution in [1.82, 2.24) is 0 Å². The number of benzene rings is 2. The Bertz CT molecular complexity index is 887. The van der Waals surface area contributed by atoms with Gasteiger partial charge in [0.05, 0.1) is 10.9 Å². The first-order valence-electron chi connectivity index (χ1n) is 8.49. The first kappa shape index (κ1) is 17.3. The van der Waals surface area contributed by atoms with E-state index in [1.807, 2.05) is 39.8 Å². The van der Waals surface area contributed by atoms with Crippen molar-refractivity contribution in [3.05, 3.63) is 41.0 Å². The van der Waals surface area contributed by atoms with Crippen LogP contribution in [-0.2, 0) is 6.42 Å². The van der Waals surface area contributed by atoms with Crippen LogP contribution in [0, 0.1) is 5.41 Å². The Morgan fingerprint density at radius 3 is 2.60 bits per heavy atom. The Labute approximate surface area is 147 Å². The number of phenolic OH excluding ortho intramolecular Hbond substituents is 2. The summed E-state index contributed by atoms with van der Waals surface area (Å²) in [6.45, 7) is 8.49. The molecular formula is C21H24O4. The van der Waals surface area contributed by atoms with Crippen LogP contribution in [0.5, 0.6) is 17.2 Å². The SMILES string of the molecule is CC(C)=CCOc1cc(O)c2c(O)c3c(cc2c1)CC(C)(C)CC3=O. The van der Waals surface area contributed by atoms with E-state index in [0.29, 0.717) is 41.5 Å². The predicted octanol–water partition coefficient (Wildman–Crippen LogP) is 4.75. The van der Waals surface area contributed by atoms with Crippen LogP contribution in [0.15, 0.2) is 29.8 Å². The standard InChI is InChI=1S/C21H24O4/c1-12(2)5-6-25-15-8-13-7-14-10-21(3,4)11-17(23)19(14)20(24)18(13)16(22)9-15/h5,7-9,22,24H,6,10-11H2,1-4H3. The molecule has 25 heavy (non-hydrogen) atoms. The Morgan fingerprint density at radius 2 is 1.92 bits per heavy atom. The van der Waals surface area contributed by atoms with Crippen molar-refractivity contribution in [1.29, 1.82) is 0 Å². The van der Waals surface area contributed by atoms with Gasteiger partial charge in [-0.2, -0.15) is 0 Å². The molecule has 0 fully saturated rings. The van der Waals surface area contributed by atoms with Gasteiger partial charge in [-0.15, -0.1) is 0 Å². The number of ketones is 1. The van der Waals surface area contributed by atoms with Crippen LogP contribution < -0.4 is 4.74 Å². The second-order valence-corrected chi connectivity index (χ2v) is 7.83. The van der Waals surface area contributed by atoms with E-state index in [0.717, 1.165) is 11.1 Å². The molecule has 0 spiro atoms. The number of carbonyl (C=O) groups is 1. The highest BCUT2D eigenvalue weighted by Gasteiger charge is 2.34. The van der Waals surface area contributed by atoms with Crippen LogP contribution in [0.1, 0.15) is 50.0 Å². The summed E-state index contributed by atoms with van der Waals surface area (Å²) < 4.78 is 5.67. The lowest BCUT2D eigenvalue weighted by atomic mass is 9.73. The van der Waals surface area contributed by atoms with Crippen LogP contribution in [0.4, 0.5) is 0 Å². The molecule has 0 heterocycles. The molecule has 1 aliphatic rings. The van der Waals surface area contributed by atoms with E-state index in [2.05, 4.69) is 0 Å². The van der Waals surface area contributed by atoms with Gasteiger partial charge in [-0.3, -0.25) is 4.79 Å². The minimum Gasteiger partial charge on any atom is -0.507 e. The first-order chi connectivity index (χ1) is 11.7. The number of hydrogen-bond donors (Lipinski definition) is 2. The zero-order chi connectivity index (χ0) is 18.4. The number of rotatable bonds is 3. The van der Waals surface area contributed by atoms with Gasteiger partial charge in [0.25, 0.3) is 0 Å². The maximum atomic E-state index is 12.5. The second kappa shape index (κ2) is 6.10. The minimum absolute atomic E-state index is 0.0751. The zero-order valence-corrected chi connectivity index (χ0v) is 15.1. The molecule has 132 valence electrons. The summed E-state index contributed by atoms with van der Waals surface area (Å²) >= 11 is 0. The van der Waals surface area contributed by atoms with Gasteiger partial charge in [0.15, 0.2) is 5.78 Å². The van der Waals surface area contributed by atoms with Gasteiger partial charge in [0, 0.05) is 12.5 Å². The number of ether oxygens (including phenoxy) is 1. The molecular weight excluding hydrogens is 316 g/mol. The van der Waals surface area contributed by atoms with Crippen molar-refractivity contribution in [2.45, 2.75) is 40.5 Å². The molecule has 4 nitrogen and oxygen atoms in total. The third-order valence-electron chi connectivity index (χ3n) is 4.57. The summed E-state index contributed by atoms with van der Waals surface area (Å²) in [7, 11) is 0. The van der Waals surface area contributed by atoms with Gasteiger partial charge in [0.2, 0.25) is 0 Å². The molecule has 0 unspecified atom stereocenters. The number of allylic oxidation sites excluding steroid dienone is 1. The lowest BCUT2D eigenvalue weighted by Crippen LogP contribution is -2.27. The predicted molar refractivity (Wildman–Crippen MR) is 98.6 cm³/mol. The van der Waals surface area contributed by atoms with Crippen LogP contribution in [0.25, 0.3) is 10.8 Å². The molecule has 0 radical (unpaired) electrons. The average molecular weight is 340 g/mol. The average Bonchev–Trinajstić information content (AvgIpc) is 2.43. The van der Waals surface area contributed by atoms with Crippen LogP contribution in [0.2, 0.25) is 0 Å². The Balaban J connectivity index is 2.11. The fourth-order valence-corrected chi connectivity index (χ4v) is 3.47. The Kier molecular flexibility index (Phi) is 4.23. The van der Waals surface area contributed by atoms with E-state index in [4.69, 9.17) is 4.74 Å². The van der Waals surface area contributed by atoms with Crippen molar-refractivity contribution in [2.24, 2.45) is 5.41 Å². The van der Waals surface area contributed by atoms with Crippen molar-refractivity contribution < 1.29 is 19.7 Å². The topological polar surface area (TPSA) is 66.8 Å². The second-order valence-electron chi connectivity index (χ2n) is 7.83. The Hall–Kier alpha value is -2.49. The fourth-order valence-electron chi connectivity index (χ4n) is 3.47. The lowest BCUT2D eigenvalue weighted by Gasteiger charge is -2.31. The number of fused-ring (bicyclic) bond motifs is 2. The van der Waals surface area contributed by atoms with Gasteiger partial charge >= 0.3 is 0 Å². The van der Waals surface area contributed by atoms with E-state index in [9.17, 15) is 15.0 Å². The summed E-state index contributed by atoms with van der Waals surface area (Å²) in [5, 5.41) is 22.0. The highest BCUT2D eigenvalue weighted by molar-refractivity contribution is 6.09. The molecule has 0 atom stereocenters. The molecule has 0 amide bonds. The van der Waals surface area contributed by atoms with Crippen LogP contribution >= 0.6 is 0 Å². The first-order valence-corrected chi connectivity index (χ1v) is 8.49. The summed E-state index contributed by atoms with van der Waals surface area (Å²) in [5.41, 5.74) is 2.19. The minimum atomic E-state index is -0.135. The van der Waals surface area contributed by atoms with Crippen molar-refractivity contribution >= 4 is 16.6 Å². The quantitative estimate of drug-likeness (QED) is 0.791. The molecule has 4 heteroatoms. The van der Waals surface area contributed by atoms with Crippen molar-refractivity contribution in [3.8, 4) is 17.2 Å².